The van der Waals surface area contributed by atoms with Gasteiger partial charge in [0.1, 0.15) is 11.8 Å². The van der Waals surface area contributed by atoms with E-state index >= 15 is 0 Å². The van der Waals surface area contributed by atoms with Gasteiger partial charge in [0.15, 0.2) is 0 Å². The Balaban J connectivity index is 1.84. The van der Waals surface area contributed by atoms with Crippen molar-refractivity contribution < 1.29 is 9.47 Å². The Kier molecular flexibility index (Phi) is 4.58. The van der Waals surface area contributed by atoms with Gasteiger partial charge in [-0.2, -0.15) is 0 Å². The van der Waals surface area contributed by atoms with Gasteiger partial charge in [0.05, 0.1) is 13.7 Å². The predicted octanol–water partition coefficient (Wildman–Crippen LogP) is 2.60. The lowest BCUT2D eigenvalue weighted by Crippen LogP contribution is -2.47. The first-order valence-corrected chi connectivity index (χ1v) is 7.66. The maximum Gasteiger partial charge on any atom is 0.116 e. The normalized spacial score (nSPS) is 27.0. The fourth-order valence-corrected chi connectivity index (χ4v) is 3.49. The number of hydrazine groups is 1. The van der Waals surface area contributed by atoms with Gasteiger partial charge < -0.3 is 9.47 Å². The highest BCUT2D eigenvalue weighted by molar-refractivity contribution is 5.28. The van der Waals surface area contributed by atoms with Crippen molar-refractivity contribution in [2.24, 2.45) is 0 Å². The van der Waals surface area contributed by atoms with Crippen molar-refractivity contribution in [3.8, 4) is 0 Å². The third-order valence-electron chi connectivity index (χ3n) is 4.43. The van der Waals surface area contributed by atoms with E-state index in [9.17, 15) is 0 Å². The molecule has 0 unspecified atom stereocenters. The van der Waals surface area contributed by atoms with Crippen LogP contribution >= 0.6 is 0 Å². The lowest BCUT2D eigenvalue weighted by Gasteiger charge is -2.38. The van der Waals surface area contributed by atoms with Crippen LogP contribution in [-0.2, 0) is 9.47 Å². The molecule has 4 heteroatoms. The van der Waals surface area contributed by atoms with Crippen molar-refractivity contribution in [3.05, 3.63) is 47.7 Å². The van der Waals surface area contributed by atoms with Gasteiger partial charge in [-0.1, -0.05) is 30.3 Å². The molecule has 1 aromatic carbocycles. The van der Waals surface area contributed by atoms with E-state index in [1.807, 2.05) is 0 Å². The van der Waals surface area contributed by atoms with E-state index in [1.165, 1.54) is 18.4 Å². The first-order valence-electron chi connectivity index (χ1n) is 7.66. The van der Waals surface area contributed by atoms with Gasteiger partial charge in [0, 0.05) is 26.2 Å². The second-order valence-corrected chi connectivity index (χ2v) is 5.66. The molecule has 0 spiro atoms. The second kappa shape index (κ2) is 6.60. The minimum absolute atomic E-state index is 0.189. The smallest absolute Gasteiger partial charge is 0.116 e. The van der Waals surface area contributed by atoms with E-state index in [0.29, 0.717) is 6.04 Å². The van der Waals surface area contributed by atoms with Crippen LogP contribution in [0.2, 0.25) is 0 Å². The summed E-state index contributed by atoms with van der Waals surface area (Å²) in [5.74, 6) is 1.05. The van der Waals surface area contributed by atoms with Crippen LogP contribution in [-0.4, -0.2) is 50.0 Å². The number of hydrogen-bond acceptors (Lipinski definition) is 4. The summed E-state index contributed by atoms with van der Waals surface area (Å²) in [6.07, 6.45) is 4.63. The van der Waals surface area contributed by atoms with E-state index in [4.69, 9.17) is 9.47 Å². The SMILES string of the molecule is COC[C@@H]1CCCN1N1CC=C(OC)[C@@H]1c1ccccc1. The number of rotatable bonds is 5. The Bertz CT molecular complexity index is 489. The maximum atomic E-state index is 5.62. The van der Waals surface area contributed by atoms with Gasteiger partial charge in [0.25, 0.3) is 0 Å². The maximum absolute atomic E-state index is 5.62. The molecule has 0 N–H and O–H groups in total. The Morgan fingerprint density at radius 1 is 1.14 bits per heavy atom. The largest absolute Gasteiger partial charge is 0.499 e. The minimum atomic E-state index is 0.189. The van der Waals surface area contributed by atoms with E-state index in [-0.39, 0.29) is 6.04 Å². The van der Waals surface area contributed by atoms with Crippen molar-refractivity contribution in [1.29, 1.82) is 0 Å². The quantitative estimate of drug-likeness (QED) is 0.831. The van der Waals surface area contributed by atoms with Crippen LogP contribution in [0.5, 0.6) is 0 Å². The van der Waals surface area contributed by atoms with Gasteiger partial charge in [-0.3, -0.25) is 0 Å². The third-order valence-corrected chi connectivity index (χ3v) is 4.43. The van der Waals surface area contributed by atoms with Crippen LogP contribution < -0.4 is 0 Å². The molecule has 0 saturated carbocycles. The zero-order valence-corrected chi connectivity index (χ0v) is 12.9. The minimum Gasteiger partial charge on any atom is -0.499 e. The van der Waals surface area contributed by atoms with Gasteiger partial charge in [-0.05, 0) is 24.5 Å². The molecular weight excluding hydrogens is 264 g/mol. The van der Waals surface area contributed by atoms with Gasteiger partial charge in [-0.25, -0.2) is 10.0 Å². The first kappa shape index (κ1) is 14.6. The van der Waals surface area contributed by atoms with Crippen molar-refractivity contribution in [3.63, 3.8) is 0 Å². The lowest BCUT2D eigenvalue weighted by atomic mass is 10.1. The molecule has 0 radical (unpaired) electrons. The summed E-state index contributed by atoms with van der Waals surface area (Å²) in [4.78, 5) is 0. The highest BCUT2D eigenvalue weighted by Gasteiger charge is 2.38. The Morgan fingerprint density at radius 2 is 1.95 bits per heavy atom. The fraction of sp³-hybridized carbons (Fsp3) is 0.529. The highest BCUT2D eigenvalue weighted by Crippen LogP contribution is 2.37. The Labute approximate surface area is 126 Å². The fourth-order valence-electron chi connectivity index (χ4n) is 3.49. The molecule has 2 aliphatic rings. The molecule has 0 aliphatic carbocycles. The zero-order chi connectivity index (χ0) is 14.7. The van der Waals surface area contributed by atoms with Crippen molar-refractivity contribution in [2.75, 3.05) is 33.9 Å². The van der Waals surface area contributed by atoms with Crippen LogP contribution in [0.3, 0.4) is 0 Å². The Hall–Kier alpha value is -1.36. The molecule has 21 heavy (non-hydrogen) atoms. The molecule has 2 atom stereocenters. The molecule has 0 aromatic heterocycles. The summed E-state index contributed by atoms with van der Waals surface area (Å²) in [5.41, 5.74) is 1.28. The number of hydrogen-bond donors (Lipinski definition) is 0. The van der Waals surface area contributed by atoms with E-state index in [1.54, 1.807) is 14.2 Å². The topological polar surface area (TPSA) is 24.9 Å². The van der Waals surface area contributed by atoms with Crippen LogP contribution in [0.15, 0.2) is 42.2 Å². The molecule has 1 saturated heterocycles. The average molecular weight is 288 g/mol. The molecule has 0 amide bonds. The predicted molar refractivity (Wildman–Crippen MR) is 82.6 cm³/mol. The molecule has 114 valence electrons. The van der Waals surface area contributed by atoms with E-state index < -0.39 is 0 Å². The molecule has 4 nitrogen and oxygen atoms in total. The number of methoxy groups -OCH3 is 2. The standard InChI is InChI=1S/C17H24N2O2/c1-20-13-15-9-6-11-18(15)19-12-10-16(21-2)17(19)14-7-4-3-5-8-14/h3-5,7-8,10,15,17H,6,9,11-13H2,1-2H3/t15-,17-/m0/s1. The first-order chi connectivity index (χ1) is 10.3. The summed E-state index contributed by atoms with van der Waals surface area (Å²) in [6.45, 7) is 2.80. The molecular formula is C17H24N2O2. The van der Waals surface area contributed by atoms with Crippen molar-refractivity contribution in [2.45, 2.75) is 24.9 Å². The summed E-state index contributed by atoms with van der Waals surface area (Å²) in [6, 6.07) is 11.3. The summed E-state index contributed by atoms with van der Waals surface area (Å²) in [7, 11) is 3.55. The molecule has 0 bridgehead atoms. The van der Waals surface area contributed by atoms with Crippen LogP contribution in [0, 0.1) is 0 Å². The second-order valence-electron chi connectivity index (χ2n) is 5.66. The highest BCUT2D eigenvalue weighted by atomic mass is 16.5. The zero-order valence-electron chi connectivity index (χ0n) is 12.9. The van der Waals surface area contributed by atoms with E-state index in [2.05, 4.69) is 46.4 Å². The monoisotopic (exact) mass is 288 g/mol. The molecule has 2 aliphatic heterocycles. The average Bonchev–Trinajstić information content (AvgIpc) is 3.14. The van der Waals surface area contributed by atoms with Gasteiger partial charge >= 0.3 is 0 Å². The molecule has 3 rings (SSSR count). The molecule has 1 fully saturated rings. The third kappa shape index (κ3) is 2.84. The van der Waals surface area contributed by atoms with Crippen LogP contribution in [0.25, 0.3) is 0 Å². The van der Waals surface area contributed by atoms with E-state index in [0.717, 1.165) is 25.5 Å². The molecule has 2 heterocycles. The number of nitrogens with zero attached hydrogens (tertiary/aromatic N) is 2. The van der Waals surface area contributed by atoms with Gasteiger partial charge in [0.2, 0.25) is 0 Å². The van der Waals surface area contributed by atoms with Crippen LogP contribution in [0.4, 0.5) is 0 Å². The number of ether oxygens (including phenoxy) is 2. The summed E-state index contributed by atoms with van der Waals surface area (Å²) < 4.78 is 11.0. The van der Waals surface area contributed by atoms with Crippen LogP contribution in [0.1, 0.15) is 24.4 Å². The Morgan fingerprint density at radius 3 is 2.67 bits per heavy atom. The van der Waals surface area contributed by atoms with Gasteiger partial charge in [-0.15, -0.1) is 0 Å². The summed E-state index contributed by atoms with van der Waals surface area (Å²) >= 11 is 0. The van der Waals surface area contributed by atoms with Crippen molar-refractivity contribution >= 4 is 0 Å². The number of benzene rings is 1. The molecule has 1 aromatic rings. The van der Waals surface area contributed by atoms with Crippen molar-refractivity contribution in [1.82, 2.24) is 10.0 Å². The lowest BCUT2D eigenvalue weighted by molar-refractivity contribution is -0.0692. The summed E-state index contributed by atoms with van der Waals surface area (Å²) in [5, 5.41) is 4.91.